The third-order valence-electron chi connectivity index (χ3n) is 4.50. The maximum atomic E-state index is 10.6. The molecule has 1 aliphatic rings. The molecule has 0 aliphatic heterocycles. The van der Waals surface area contributed by atoms with Crippen LogP contribution < -0.4 is 5.73 Å². The Hall–Kier alpha value is -0.0800. The van der Waals surface area contributed by atoms with Crippen LogP contribution in [0.15, 0.2) is 0 Å². The second kappa shape index (κ2) is 4.84. The molecular formula is C13H27NO. The van der Waals surface area contributed by atoms with Crippen LogP contribution in [0.25, 0.3) is 0 Å². The third-order valence-corrected chi connectivity index (χ3v) is 4.50. The topological polar surface area (TPSA) is 46.2 Å². The first-order valence-electron chi connectivity index (χ1n) is 6.40. The Morgan fingerprint density at radius 2 is 1.93 bits per heavy atom. The molecule has 1 aliphatic carbocycles. The highest BCUT2D eigenvalue weighted by molar-refractivity contribution is 4.98. The molecule has 0 saturated heterocycles. The normalized spacial score (nSPS) is 36.2. The monoisotopic (exact) mass is 213 g/mol. The third kappa shape index (κ3) is 2.54. The molecule has 1 fully saturated rings. The molecule has 90 valence electrons. The first-order valence-corrected chi connectivity index (χ1v) is 6.40. The van der Waals surface area contributed by atoms with E-state index in [4.69, 9.17) is 5.73 Å². The van der Waals surface area contributed by atoms with Crippen molar-refractivity contribution in [2.45, 2.75) is 64.9 Å². The summed E-state index contributed by atoms with van der Waals surface area (Å²) in [5, 5.41) is 10.6. The van der Waals surface area contributed by atoms with Crippen molar-refractivity contribution in [3.05, 3.63) is 0 Å². The summed E-state index contributed by atoms with van der Waals surface area (Å²) < 4.78 is 0. The molecule has 0 spiro atoms. The number of nitrogens with two attached hydrogens (primary N) is 1. The van der Waals surface area contributed by atoms with Crippen LogP contribution in [-0.4, -0.2) is 17.3 Å². The highest BCUT2D eigenvalue weighted by Gasteiger charge is 2.46. The van der Waals surface area contributed by atoms with E-state index >= 15 is 0 Å². The average Bonchev–Trinajstić information content (AvgIpc) is 2.19. The molecule has 3 N–H and O–H groups in total. The predicted octanol–water partition coefficient (Wildman–Crippen LogP) is 2.69. The van der Waals surface area contributed by atoms with Crippen LogP contribution in [0, 0.1) is 11.3 Å². The lowest BCUT2D eigenvalue weighted by atomic mass is 9.61. The van der Waals surface area contributed by atoms with Crippen molar-refractivity contribution in [1.82, 2.24) is 0 Å². The predicted molar refractivity (Wildman–Crippen MR) is 64.7 cm³/mol. The zero-order valence-corrected chi connectivity index (χ0v) is 10.6. The highest BCUT2D eigenvalue weighted by atomic mass is 16.3. The molecule has 0 aromatic carbocycles. The Morgan fingerprint density at radius 3 is 2.33 bits per heavy atom. The van der Waals surface area contributed by atoms with E-state index in [-0.39, 0.29) is 5.41 Å². The molecule has 0 aromatic heterocycles. The van der Waals surface area contributed by atoms with Gasteiger partial charge in [0.2, 0.25) is 0 Å². The van der Waals surface area contributed by atoms with Gasteiger partial charge in [-0.1, -0.05) is 33.1 Å². The first-order chi connectivity index (χ1) is 6.97. The summed E-state index contributed by atoms with van der Waals surface area (Å²) in [5.74, 6) is 0.808. The maximum Gasteiger partial charge on any atom is 0.0687 e. The average molecular weight is 213 g/mol. The van der Waals surface area contributed by atoms with Crippen molar-refractivity contribution in [2.24, 2.45) is 17.1 Å². The number of hydrogen-bond donors (Lipinski definition) is 2. The van der Waals surface area contributed by atoms with Crippen LogP contribution in [-0.2, 0) is 0 Å². The molecule has 1 unspecified atom stereocenters. The Balaban J connectivity index is 2.75. The van der Waals surface area contributed by atoms with Gasteiger partial charge in [0.25, 0.3) is 0 Å². The molecule has 0 bridgehead atoms. The van der Waals surface area contributed by atoms with E-state index in [0.717, 1.165) is 31.6 Å². The minimum atomic E-state index is -0.573. The van der Waals surface area contributed by atoms with Crippen LogP contribution in [0.3, 0.4) is 0 Å². The fraction of sp³-hybridized carbons (Fsp3) is 1.00. The van der Waals surface area contributed by atoms with Crippen molar-refractivity contribution in [3.63, 3.8) is 0 Å². The molecule has 1 saturated carbocycles. The van der Waals surface area contributed by atoms with Crippen molar-refractivity contribution >= 4 is 0 Å². The quantitative estimate of drug-likeness (QED) is 0.754. The zero-order chi connectivity index (χ0) is 11.5. The van der Waals surface area contributed by atoms with Crippen molar-refractivity contribution < 1.29 is 5.11 Å². The van der Waals surface area contributed by atoms with Gasteiger partial charge < -0.3 is 10.8 Å². The molecule has 2 nitrogen and oxygen atoms in total. The lowest BCUT2D eigenvalue weighted by Crippen LogP contribution is -2.52. The maximum absolute atomic E-state index is 10.6. The Morgan fingerprint density at radius 1 is 1.40 bits per heavy atom. The minimum Gasteiger partial charge on any atom is -0.390 e. The fourth-order valence-corrected chi connectivity index (χ4v) is 3.03. The molecular weight excluding hydrogens is 186 g/mol. The molecule has 0 aromatic rings. The fourth-order valence-electron chi connectivity index (χ4n) is 3.03. The van der Waals surface area contributed by atoms with Gasteiger partial charge in [0.05, 0.1) is 5.60 Å². The van der Waals surface area contributed by atoms with Crippen LogP contribution in [0.1, 0.15) is 59.3 Å². The highest BCUT2D eigenvalue weighted by Crippen LogP contribution is 2.47. The lowest BCUT2D eigenvalue weighted by molar-refractivity contribution is -0.0962. The van der Waals surface area contributed by atoms with Gasteiger partial charge in [-0.15, -0.1) is 0 Å². The number of aliphatic hydroxyl groups is 1. The van der Waals surface area contributed by atoms with Crippen LogP contribution >= 0.6 is 0 Å². The Labute approximate surface area is 94.2 Å². The van der Waals surface area contributed by atoms with Gasteiger partial charge in [-0.2, -0.15) is 0 Å². The molecule has 1 rings (SSSR count). The van der Waals surface area contributed by atoms with Crippen molar-refractivity contribution in [2.75, 3.05) is 6.54 Å². The van der Waals surface area contributed by atoms with E-state index in [2.05, 4.69) is 13.8 Å². The van der Waals surface area contributed by atoms with Gasteiger partial charge in [0.15, 0.2) is 0 Å². The van der Waals surface area contributed by atoms with Crippen LogP contribution in [0.2, 0.25) is 0 Å². The summed E-state index contributed by atoms with van der Waals surface area (Å²) >= 11 is 0. The summed E-state index contributed by atoms with van der Waals surface area (Å²) in [7, 11) is 0. The largest absolute Gasteiger partial charge is 0.390 e. The smallest absolute Gasteiger partial charge is 0.0687 e. The summed E-state index contributed by atoms with van der Waals surface area (Å²) in [5.41, 5.74) is 5.35. The van der Waals surface area contributed by atoms with E-state index in [0.29, 0.717) is 6.54 Å². The standard InChI is InChI=1S/C13H27NO/c1-4-7-12(3,15)13(10-14)8-5-11(2)6-9-13/h11,15H,4-10,14H2,1-3H3. The van der Waals surface area contributed by atoms with E-state index in [1.807, 2.05) is 6.92 Å². The van der Waals surface area contributed by atoms with Crippen molar-refractivity contribution in [1.29, 1.82) is 0 Å². The zero-order valence-electron chi connectivity index (χ0n) is 10.6. The van der Waals surface area contributed by atoms with Gasteiger partial charge in [0.1, 0.15) is 0 Å². The summed E-state index contributed by atoms with van der Waals surface area (Å²) in [6.45, 7) is 7.05. The van der Waals surface area contributed by atoms with Crippen molar-refractivity contribution in [3.8, 4) is 0 Å². The summed E-state index contributed by atoms with van der Waals surface area (Å²) in [6.07, 6.45) is 6.53. The van der Waals surface area contributed by atoms with E-state index in [1.54, 1.807) is 0 Å². The summed E-state index contributed by atoms with van der Waals surface area (Å²) in [4.78, 5) is 0. The Kier molecular flexibility index (Phi) is 4.19. The Bertz CT molecular complexity index is 193. The van der Waals surface area contributed by atoms with E-state index < -0.39 is 5.60 Å². The molecule has 0 heterocycles. The van der Waals surface area contributed by atoms with Gasteiger partial charge in [0, 0.05) is 12.0 Å². The minimum absolute atomic E-state index is 0.0183. The number of rotatable bonds is 4. The number of hydrogen-bond acceptors (Lipinski definition) is 2. The second-order valence-electron chi connectivity index (χ2n) is 5.69. The van der Waals surface area contributed by atoms with Gasteiger partial charge in [-0.3, -0.25) is 0 Å². The van der Waals surface area contributed by atoms with E-state index in [9.17, 15) is 5.11 Å². The van der Waals surface area contributed by atoms with Crippen LogP contribution in [0.4, 0.5) is 0 Å². The molecule has 15 heavy (non-hydrogen) atoms. The van der Waals surface area contributed by atoms with Gasteiger partial charge in [-0.25, -0.2) is 0 Å². The van der Waals surface area contributed by atoms with E-state index in [1.165, 1.54) is 12.8 Å². The first kappa shape index (κ1) is 13.0. The van der Waals surface area contributed by atoms with Crippen LogP contribution in [0.5, 0.6) is 0 Å². The SMILES string of the molecule is CCCC(C)(O)C1(CN)CCC(C)CC1. The molecule has 2 heteroatoms. The molecule has 1 atom stereocenters. The lowest BCUT2D eigenvalue weighted by Gasteiger charge is -2.48. The molecule has 0 radical (unpaired) electrons. The van der Waals surface area contributed by atoms with Gasteiger partial charge >= 0.3 is 0 Å². The van der Waals surface area contributed by atoms with Gasteiger partial charge in [-0.05, 0) is 32.1 Å². The molecule has 0 amide bonds. The second-order valence-corrected chi connectivity index (χ2v) is 5.69. The summed E-state index contributed by atoms with van der Waals surface area (Å²) in [6, 6.07) is 0.